The van der Waals surface area contributed by atoms with Crippen LogP contribution < -0.4 is 5.32 Å². The molecule has 1 fully saturated rings. The van der Waals surface area contributed by atoms with Crippen molar-refractivity contribution in [2.45, 2.75) is 45.1 Å². The topological polar surface area (TPSA) is 49.3 Å². The van der Waals surface area contributed by atoms with Crippen LogP contribution in [0.5, 0.6) is 0 Å². The van der Waals surface area contributed by atoms with Crippen LogP contribution in [0.25, 0.3) is 0 Å². The van der Waals surface area contributed by atoms with Gasteiger partial charge in [-0.3, -0.25) is 4.79 Å². The van der Waals surface area contributed by atoms with Gasteiger partial charge in [-0.15, -0.1) is 11.6 Å². The van der Waals surface area contributed by atoms with Gasteiger partial charge in [0.25, 0.3) is 0 Å². The lowest BCUT2D eigenvalue weighted by atomic mass is 10.2. The van der Waals surface area contributed by atoms with Crippen molar-refractivity contribution in [2.24, 2.45) is 0 Å². The maximum Gasteiger partial charge on any atom is 0.320 e. The number of halogens is 1. The summed E-state index contributed by atoms with van der Waals surface area (Å²) in [5.74, 6) is 0.107. The first-order valence-electron chi connectivity index (χ1n) is 5.24. The van der Waals surface area contributed by atoms with Gasteiger partial charge in [-0.05, 0) is 25.8 Å². The Kier molecular flexibility index (Phi) is 9.10. The van der Waals surface area contributed by atoms with Gasteiger partial charge < -0.3 is 10.4 Å². The fourth-order valence-electron chi connectivity index (χ4n) is 1.24. The Morgan fingerprint density at radius 2 is 2.29 bits per heavy atom. The molecule has 0 aliphatic carbocycles. The van der Waals surface area contributed by atoms with Gasteiger partial charge in [0.05, 0.1) is 0 Å². The fourth-order valence-corrected chi connectivity index (χ4v) is 1.43. The largest absolute Gasteiger partial charge is 0.480 e. The Balaban J connectivity index is 0.000000255. The third-order valence-corrected chi connectivity index (χ3v) is 2.36. The molecule has 1 rings (SSSR count). The highest BCUT2D eigenvalue weighted by atomic mass is 35.5. The molecule has 0 saturated carbocycles. The van der Waals surface area contributed by atoms with Crippen molar-refractivity contribution in [3.63, 3.8) is 0 Å². The summed E-state index contributed by atoms with van der Waals surface area (Å²) in [6.07, 6.45) is 5.51. The van der Waals surface area contributed by atoms with Crippen LogP contribution in [0.3, 0.4) is 0 Å². The molecule has 84 valence electrons. The van der Waals surface area contributed by atoms with Crippen LogP contribution in [-0.4, -0.2) is 29.5 Å². The second kappa shape index (κ2) is 9.28. The van der Waals surface area contributed by atoms with E-state index in [1.54, 1.807) is 0 Å². The van der Waals surface area contributed by atoms with Crippen LogP contribution in [0.2, 0.25) is 0 Å². The van der Waals surface area contributed by atoms with Crippen molar-refractivity contribution in [1.82, 2.24) is 5.32 Å². The van der Waals surface area contributed by atoms with Crippen LogP contribution in [0.4, 0.5) is 0 Å². The average Bonchev–Trinajstić information content (AvgIpc) is 2.68. The molecule has 0 amide bonds. The molecule has 4 heteroatoms. The van der Waals surface area contributed by atoms with Crippen LogP contribution in [0.15, 0.2) is 0 Å². The number of aliphatic carboxylic acids is 1. The Bertz CT molecular complexity index is 143. The van der Waals surface area contributed by atoms with Crippen molar-refractivity contribution in [3.05, 3.63) is 0 Å². The third-order valence-electron chi connectivity index (χ3n) is 2.10. The SMILES string of the molecule is CCCCCCl.O=C(O)[C@@H]1CCCN1. The maximum atomic E-state index is 10.1. The van der Waals surface area contributed by atoms with Gasteiger partial charge in [0.15, 0.2) is 0 Å². The quantitative estimate of drug-likeness (QED) is 0.566. The first-order valence-corrected chi connectivity index (χ1v) is 5.78. The Labute approximate surface area is 90.8 Å². The molecule has 1 aliphatic heterocycles. The highest BCUT2D eigenvalue weighted by Crippen LogP contribution is 2.03. The van der Waals surface area contributed by atoms with E-state index < -0.39 is 5.97 Å². The number of carboxylic acid groups (broad SMARTS) is 1. The highest BCUT2D eigenvalue weighted by molar-refractivity contribution is 6.17. The molecule has 0 radical (unpaired) electrons. The van der Waals surface area contributed by atoms with Gasteiger partial charge >= 0.3 is 5.97 Å². The summed E-state index contributed by atoms with van der Waals surface area (Å²) in [5.41, 5.74) is 0. The van der Waals surface area contributed by atoms with Crippen molar-refractivity contribution in [1.29, 1.82) is 0 Å². The van der Waals surface area contributed by atoms with E-state index in [2.05, 4.69) is 12.2 Å². The molecule has 1 saturated heterocycles. The molecule has 14 heavy (non-hydrogen) atoms. The smallest absolute Gasteiger partial charge is 0.320 e. The Morgan fingerprint density at radius 3 is 2.50 bits per heavy atom. The molecule has 0 spiro atoms. The van der Waals surface area contributed by atoms with Gasteiger partial charge in [-0.25, -0.2) is 0 Å². The average molecular weight is 222 g/mol. The predicted octanol–water partition coefficient (Wildman–Crippen LogP) is 2.24. The lowest BCUT2D eigenvalue weighted by Crippen LogP contribution is -2.29. The summed E-state index contributed by atoms with van der Waals surface area (Å²) in [4.78, 5) is 10.1. The molecule has 0 aromatic carbocycles. The van der Waals surface area contributed by atoms with E-state index in [-0.39, 0.29) is 6.04 Å². The summed E-state index contributed by atoms with van der Waals surface area (Å²) in [5, 5.41) is 11.2. The van der Waals surface area contributed by atoms with E-state index in [1.165, 1.54) is 19.3 Å². The number of hydrogen-bond donors (Lipinski definition) is 2. The van der Waals surface area contributed by atoms with Gasteiger partial charge in [-0.2, -0.15) is 0 Å². The number of carboxylic acids is 1. The molecule has 0 aromatic rings. The molecular weight excluding hydrogens is 202 g/mol. The predicted molar refractivity (Wildman–Crippen MR) is 58.9 cm³/mol. The van der Waals surface area contributed by atoms with Crippen molar-refractivity contribution < 1.29 is 9.90 Å². The van der Waals surface area contributed by atoms with Gasteiger partial charge in [0, 0.05) is 5.88 Å². The summed E-state index contributed by atoms with van der Waals surface area (Å²) < 4.78 is 0. The van der Waals surface area contributed by atoms with Gasteiger partial charge in [0.2, 0.25) is 0 Å². The van der Waals surface area contributed by atoms with Gasteiger partial charge in [-0.1, -0.05) is 19.8 Å². The zero-order valence-corrected chi connectivity index (χ0v) is 9.52. The van der Waals surface area contributed by atoms with E-state index in [0.717, 1.165) is 25.3 Å². The second-order valence-electron chi connectivity index (χ2n) is 3.38. The third kappa shape index (κ3) is 7.15. The van der Waals surface area contributed by atoms with Crippen LogP contribution in [0.1, 0.15) is 39.0 Å². The lowest BCUT2D eigenvalue weighted by Gasteiger charge is -1.99. The van der Waals surface area contributed by atoms with Crippen LogP contribution in [0, 0.1) is 0 Å². The molecule has 1 heterocycles. The summed E-state index contributed by atoms with van der Waals surface area (Å²) in [6, 6.07) is -0.269. The Hall–Kier alpha value is -0.280. The minimum Gasteiger partial charge on any atom is -0.480 e. The van der Waals surface area contributed by atoms with E-state index in [0.29, 0.717) is 0 Å². The van der Waals surface area contributed by atoms with Gasteiger partial charge in [0.1, 0.15) is 6.04 Å². The number of alkyl halides is 1. The lowest BCUT2D eigenvalue weighted by molar-refractivity contribution is -0.139. The number of carbonyl (C=O) groups is 1. The first kappa shape index (κ1) is 13.7. The second-order valence-corrected chi connectivity index (χ2v) is 3.76. The van der Waals surface area contributed by atoms with E-state index in [1.807, 2.05) is 0 Å². The fraction of sp³-hybridized carbons (Fsp3) is 0.900. The molecule has 0 bridgehead atoms. The zero-order valence-electron chi connectivity index (χ0n) is 8.76. The number of nitrogens with one attached hydrogen (secondary N) is 1. The Morgan fingerprint density at radius 1 is 1.57 bits per heavy atom. The molecule has 1 atom stereocenters. The minimum atomic E-state index is -0.720. The highest BCUT2D eigenvalue weighted by Gasteiger charge is 2.20. The van der Waals surface area contributed by atoms with Crippen LogP contribution >= 0.6 is 11.6 Å². The van der Waals surface area contributed by atoms with Crippen molar-refractivity contribution in [3.8, 4) is 0 Å². The van der Waals surface area contributed by atoms with Crippen LogP contribution in [-0.2, 0) is 4.79 Å². The summed E-state index contributed by atoms with van der Waals surface area (Å²) in [7, 11) is 0. The van der Waals surface area contributed by atoms with E-state index >= 15 is 0 Å². The molecule has 3 nitrogen and oxygen atoms in total. The molecule has 2 N–H and O–H groups in total. The summed E-state index contributed by atoms with van der Waals surface area (Å²) >= 11 is 5.38. The zero-order chi connectivity index (χ0) is 10.8. The normalized spacial score (nSPS) is 20.0. The van der Waals surface area contributed by atoms with E-state index in [4.69, 9.17) is 16.7 Å². The molecule has 0 unspecified atom stereocenters. The number of unbranched alkanes of at least 4 members (excludes halogenated alkanes) is 2. The molecule has 1 aliphatic rings. The minimum absolute atomic E-state index is 0.269. The molecule has 0 aromatic heterocycles. The van der Waals surface area contributed by atoms with Crippen molar-refractivity contribution in [2.75, 3.05) is 12.4 Å². The monoisotopic (exact) mass is 221 g/mol. The maximum absolute atomic E-state index is 10.1. The molecular formula is C10H20ClNO2. The van der Waals surface area contributed by atoms with E-state index in [9.17, 15) is 4.79 Å². The standard InChI is InChI=1S/C5H11Cl.C5H9NO2/c1-2-3-4-5-6;7-5(8)4-2-1-3-6-4/h2-5H2,1H3;4,6H,1-3H2,(H,7,8)/t;4-/m.0/s1. The number of rotatable bonds is 4. The number of hydrogen-bond acceptors (Lipinski definition) is 2. The first-order chi connectivity index (χ1) is 6.72. The summed E-state index contributed by atoms with van der Waals surface area (Å²) in [6.45, 7) is 3.03. The van der Waals surface area contributed by atoms with Crippen molar-refractivity contribution >= 4 is 17.6 Å².